The predicted octanol–water partition coefficient (Wildman–Crippen LogP) is 3.02. The lowest BCUT2D eigenvalue weighted by Gasteiger charge is -2.43. The molecule has 0 spiro atoms. The number of hydrogen-bond donors (Lipinski definition) is 1. The second kappa shape index (κ2) is 6.93. The number of aliphatic carboxylic acids is 1. The van der Waals surface area contributed by atoms with Crippen molar-refractivity contribution in [1.29, 1.82) is 0 Å². The Morgan fingerprint density at radius 1 is 1.50 bits per heavy atom. The Bertz CT molecular complexity index is 288. The van der Waals surface area contributed by atoms with E-state index in [0.29, 0.717) is 30.3 Å². The van der Waals surface area contributed by atoms with Gasteiger partial charge in [0.05, 0.1) is 6.54 Å². The van der Waals surface area contributed by atoms with Gasteiger partial charge in [-0.2, -0.15) is 0 Å². The molecule has 18 heavy (non-hydrogen) atoms. The molecule has 1 saturated carbocycles. The third kappa shape index (κ3) is 4.13. The van der Waals surface area contributed by atoms with E-state index < -0.39 is 5.97 Å². The van der Waals surface area contributed by atoms with Gasteiger partial charge in [-0.1, -0.05) is 33.3 Å². The molecule has 3 heteroatoms. The Labute approximate surface area is 111 Å². The molecule has 1 aliphatic rings. The fourth-order valence-electron chi connectivity index (χ4n) is 3.23. The molecule has 0 heterocycles. The predicted molar refractivity (Wildman–Crippen MR) is 74.5 cm³/mol. The molecule has 0 radical (unpaired) electrons. The molecule has 1 fully saturated rings. The van der Waals surface area contributed by atoms with E-state index in [9.17, 15) is 4.79 Å². The van der Waals surface area contributed by atoms with Crippen LogP contribution in [0.3, 0.4) is 0 Å². The van der Waals surface area contributed by atoms with Gasteiger partial charge in [0.2, 0.25) is 0 Å². The van der Waals surface area contributed by atoms with Gasteiger partial charge in [0.15, 0.2) is 0 Å². The Balaban J connectivity index is 2.81. The fraction of sp³-hybridized carbons (Fsp3) is 0.800. The molecular formula is C15H27NO2. The SMILES string of the molecule is C=CCN(CC(=O)O)C1CC(C)CCC1C(C)C. The fourth-order valence-corrected chi connectivity index (χ4v) is 3.23. The van der Waals surface area contributed by atoms with Crippen LogP contribution in [0.4, 0.5) is 0 Å². The zero-order chi connectivity index (χ0) is 13.7. The number of carboxylic acids is 1. The van der Waals surface area contributed by atoms with Crippen molar-refractivity contribution in [2.45, 2.75) is 46.1 Å². The smallest absolute Gasteiger partial charge is 0.317 e. The highest BCUT2D eigenvalue weighted by atomic mass is 16.4. The maximum atomic E-state index is 11.0. The van der Waals surface area contributed by atoms with Crippen molar-refractivity contribution in [2.75, 3.05) is 13.1 Å². The summed E-state index contributed by atoms with van der Waals surface area (Å²) in [6.45, 7) is 11.3. The highest BCUT2D eigenvalue weighted by Crippen LogP contribution is 2.36. The van der Waals surface area contributed by atoms with Crippen molar-refractivity contribution >= 4 is 5.97 Å². The Morgan fingerprint density at radius 3 is 2.67 bits per heavy atom. The summed E-state index contributed by atoms with van der Waals surface area (Å²) in [5, 5.41) is 9.06. The van der Waals surface area contributed by atoms with E-state index >= 15 is 0 Å². The molecular weight excluding hydrogens is 226 g/mol. The normalized spacial score (nSPS) is 28.6. The minimum Gasteiger partial charge on any atom is -0.480 e. The van der Waals surface area contributed by atoms with E-state index in [-0.39, 0.29) is 6.54 Å². The number of carboxylic acid groups (broad SMARTS) is 1. The van der Waals surface area contributed by atoms with Crippen molar-refractivity contribution < 1.29 is 9.90 Å². The average molecular weight is 253 g/mol. The van der Waals surface area contributed by atoms with Gasteiger partial charge in [0, 0.05) is 12.6 Å². The molecule has 3 unspecified atom stereocenters. The first-order valence-corrected chi connectivity index (χ1v) is 7.02. The van der Waals surface area contributed by atoms with Crippen LogP contribution in [0.5, 0.6) is 0 Å². The Morgan fingerprint density at radius 2 is 2.17 bits per heavy atom. The van der Waals surface area contributed by atoms with Crippen LogP contribution in [0.25, 0.3) is 0 Å². The maximum absolute atomic E-state index is 11.0. The van der Waals surface area contributed by atoms with Crippen molar-refractivity contribution in [2.24, 2.45) is 17.8 Å². The van der Waals surface area contributed by atoms with Crippen LogP contribution in [0, 0.1) is 17.8 Å². The standard InChI is InChI=1S/C15H27NO2/c1-5-8-16(10-15(17)18)14-9-12(4)6-7-13(14)11(2)3/h5,11-14H,1,6-10H2,2-4H3,(H,17,18). The van der Waals surface area contributed by atoms with Gasteiger partial charge in [-0.15, -0.1) is 6.58 Å². The molecule has 0 bridgehead atoms. The minimum absolute atomic E-state index is 0.132. The van der Waals surface area contributed by atoms with Crippen molar-refractivity contribution in [3.05, 3.63) is 12.7 Å². The molecule has 0 saturated heterocycles. The summed E-state index contributed by atoms with van der Waals surface area (Å²) < 4.78 is 0. The van der Waals surface area contributed by atoms with E-state index in [4.69, 9.17) is 5.11 Å². The highest BCUT2D eigenvalue weighted by molar-refractivity contribution is 5.69. The van der Waals surface area contributed by atoms with Gasteiger partial charge >= 0.3 is 5.97 Å². The van der Waals surface area contributed by atoms with E-state index in [1.807, 2.05) is 6.08 Å². The summed E-state index contributed by atoms with van der Waals surface area (Å²) in [5.74, 6) is 1.19. The molecule has 3 atom stereocenters. The first-order valence-electron chi connectivity index (χ1n) is 7.02. The second-order valence-corrected chi connectivity index (χ2v) is 6.01. The minimum atomic E-state index is -0.738. The molecule has 104 valence electrons. The van der Waals surface area contributed by atoms with Crippen LogP contribution in [0.1, 0.15) is 40.0 Å². The first kappa shape index (κ1) is 15.2. The lowest BCUT2D eigenvalue weighted by molar-refractivity contribution is -0.139. The second-order valence-electron chi connectivity index (χ2n) is 6.01. The van der Waals surface area contributed by atoms with Gasteiger partial charge < -0.3 is 5.11 Å². The number of rotatable bonds is 6. The number of nitrogens with zero attached hydrogens (tertiary/aromatic N) is 1. The summed E-state index contributed by atoms with van der Waals surface area (Å²) >= 11 is 0. The van der Waals surface area contributed by atoms with Crippen molar-refractivity contribution in [3.8, 4) is 0 Å². The topological polar surface area (TPSA) is 40.5 Å². The van der Waals surface area contributed by atoms with Crippen molar-refractivity contribution in [1.82, 2.24) is 4.90 Å². The van der Waals surface area contributed by atoms with Gasteiger partial charge in [-0.25, -0.2) is 0 Å². The Hall–Kier alpha value is -0.830. The van der Waals surface area contributed by atoms with Gasteiger partial charge in [-0.3, -0.25) is 9.69 Å². The molecule has 0 amide bonds. The molecule has 0 aliphatic heterocycles. The van der Waals surface area contributed by atoms with E-state index in [0.717, 1.165) is 6.42 Å². The summed E-state index contributed by atoms with van der Waals surface area (Å²) in [5.41, 5.74) is 0. The molecule has 3 nitrogen and oxygen atoms in total. The van der Waals surface area contributed by atoms with Crippen LogP contribution in [-0.4, -0.2) is 35.1 Å². The van der Waals surface area contributed by atoms with Gasteiger partial charge in [-0.05, 0) is 30.6 Å². The van der Waals surface area contributed by atoms with Crippen LogP contribution in [0.2, 0.25) is 0 Å². The van der Waals surface area contributed by atoms with Crippen LogP contribution >= 0.6 is 0 Å². The average Bonchev–Trinajstić information content (AvgIpc) is 2.27. The molecule has 0 aromatic heterocycles. The largest absolute Gasteiger partial charge is 0.480 e. The highest BCUT2D eigenvalue weighted by Gasteiger charge is 2.34. The van der Waals surface area contributed by atoms with Gasteiger partial charge in [0.1, 0.15) is 0 Å². The van der Waals surface area contributed by atoms with Crippen LogP contribution in [-0.2, 0) is 4.79 Å². The quantitative estimate of drug-likeness (QED) is 0.740. The zero-order valence-corrected chi connectivity index (χ0v) is 11.9. The third-order valence-electron chi connectivity index (χ3n) is 4.16. The number of carbonyl (C=O) groups is 1. The Kier molecular flexibility index (Phi) is 5.86. The lowest BCUT2D eigenvalue weighted by atomic mass is 9.73. The summed E-state index contributed by atoms with van der Waals surface area (Å²) in [4.78, 5) is 13.1. The van der Waals surface area contributed by atoms with E-state index in [2.05, 4.69) is 32.3 Å². The zero-order valence-electron chi connectivity index (χ0n) is 11.9. The monoisotopic (exact) mass is 253 g/mol. The van der Waals surface area contributed by atoms with E-state index in [1.165, 1.54) is 12.8 Å². The maximum Gasteiger partial charge on any atom is 0.317 e. The van der Waals surface area contributed by atoms with Gasteiger partial charge in [0.25, 0.3) is 0 Å². The van der Waals surface area contributed by atoms with E-state index in [1.54, 1.807) is 0 Å². The molecule has 1 rings (SSSR count). The molecule has 0 aromatic rings. The van der Waals surface area contributed by atoms with Crippen molar-refractivity contribution in [3.63, 3.8) is 0 Å². The lowest BCUT2D eigenvalue weighted by Crippen LogP contribution is -2.47. The summed E-state index contributed by atoms with van der Waals surface area (Å²) in [7, 11) is 0. The molecule has 1 aliphatic carbocycles. The van der Waals surface area contributed by atoms with Crippen LogP contribution in [0.15, 0.2) is 12.7 Å². The number of hydrogen-bond acceptors (Lipinski definition) is 2. The third-order valence-corrected chi connectivity index (χ3v) is 4.16. The summed E-state index contributed by atoms with van der Waals surface area (Å²) in [6, 6.07) is 0.392. The van der Waals surface area contributed by atoms with Crippen LogP contribution < -0.4 is 0 Å². The molecule has 1 N–H and O–H groups in total. The molecule has 0 aromatic carbocycles. The summed E-state index contributed by atoms with van der Waals surface area (Å²) in [6.07, 6.45) is 5.43. The first-order chi connectivity index (χ1) is 8.45.